The largest absolute Gasteiger partial charge is 0.457 e. The van der Waals surface area contributed by atoms with Crippen molar-refractivity contribution in [3.63, 3.8) is 0 Å². The van der Waals surface area contributed by atoms with Crippen molar-refractivity contribution < 1.29 is 33.6 Å². The molecule has 12 nitrogen and oxygen atoms in total. The van der Waals surface area contributed by atoms with Gasteiger partial charge in [-0.3, -0.25) is 39.7 Å². The van der Waals surface area contributed by atoms with E-state index in [0.717, 1.165) is 5.01 Å². The Morgan fingerprint density at radius 1 is 0.947 bits per heavy atom. The lowest BCUT2D eigenvalue weighted by atomic mass is 10.1. The van der Waals surface area contributed by atoms with Gasteiger partial charge in [0.05, 0.1) is 17.4 Å². The van der Waals surface area contributed by atoms with Gasteiger partial charge >= 0.3 is 5.97 Å². The van der Waals surface area contributed by atoms with E-state index >= 15 is 0 Å². The molecule has 38 heavy (non-hydrogen) atoms. The smallest absolute Gasteiger partial charge is 0.311 e. The number of para-hydroxylation sites is 2. The van der Waals surface area contributed by atoms with Crippen molar-refractivity contribution >= 4 is 35.1 Å². The molecule has 1 saturated heterocycles. The lowest BCUT2D eigenvalue weighted by molar-refractivity contribution is -0.385. The van der Waals surface area contributed by atoms with E-state index in [-0.39, 0.29) is 18.5 Å². The summed E-state index contributed by atoms with van der Waals surface area (Å²) in [6.07, 6.45) is -0.250. The molecule has 1 fully saturated rings. The van der Waals surface area contributed by atoms with Gasteiger partial charge in [0.2, 0.25) is 5.91 Å². The first-order valence-corrected chi connectivity index (χ1v) is 11.4. The normalized spacial score (nSPS) is 14.5. The van der Waals surface area contributed by atoms with Crippen molar-refractivity contribution in [3.05, 3.63) is 94.5 Å². The van der Waals surface area contributed by atoms with Crippen LogP contribution in [0.25, 0.3) is 0 Å². The molecule has 1 aliphatic rings. The van der Waals surface area contributed by atoms with E-state index in [2.05, 4.69) is 10.7 Å². The van der Waals surface area contributed by atoms with Crippen molar-refractivity contribution in [2.75, 3.05) is 18.5 Å². The summed E-state index contributed by atoms with van der Waals surface area (Å²) in [6.45, 7) is -0.775. The number of rotatable bonds is 9. The fraction of sp³-hybridized carbons (Fsp3) is 0.154. The number of hydrogen-bond acceptors (Lipinski definition) is 8. The molecule has 2 N–H and O–H groups in total. The summed E-state index contributed by atoms with van der Waals surface area (Å²) in [6, 6.07) is 21.1. The number of nitrogens with one attached hydrogen (secondary N) is 2. The zero-order chi connectivity index (χ0) is 27.1. The number of ether oxygens (including phenoxy) is 2. The van der Waals surface area contributed by atoms with Crippen LogP contribution in [0.2, 0.25) is 0 Å². The topological polar surface area (TPSA) is 157 Å². The van der Waals surface area contributed by atoms with Gasteiger partial charge in [-0.2, -0.15) is 0 Å². The summed E-state index contributed by atoms with van der Waals surface area (Å²) in [5.74, 6) is -2.48. The first-order chi connectivity index (χ1) is 18.3. The molecule has 0 aliphatic carbocycles. The second-order valence-electron chi connectivity index (χ2n) is 8.22. The highest BCUT2D eigenvalue weighted by molar-refractivity contribution is 5.99. The molecule has 3 amide bonds. The second kappa shape index (κ2) is 11.6. The number of carbonyl (C=O) groups is 4. The van der Waals surface area contributed by atoms with Gasteiger partial charge in [0.15, 0.2) is 6.61 Å². The molecule has 0 radical (unpaired) electrons. The minimum atomic E-state index is -0.921. The Morgan fingerprint density at radius 3 is 2.32 bits per heavy atom. The molecule has 0 saturated carbocycles. The van der Waals surface area contributed by atoms with Crippen molar-refractivity contribution in [2.45, 2.75) is 6.42 Å². The van der Waals surface area contributed by atoms with Gasteiger partial charge in [-0.25, -0.2) is 0 Å². The molecule has 194 valence electrons. The number of benzene rings is 3. The van der Waals surface area contributed by atoms with E-state index < -0.39 is 46.8 Å². The molecule has 1 atom stereocenters. The minimum absolute atomic E-state index is 0.200. The van der Waals surface area contributed by atoms with Gasteiger partial charge in [0.1, 0.15) is 17.1 Å². The van der Waals surface area contributed by atoms with Crippen LogP contribution in [0, 0.1) is 16.0 Å². The number of nitro groups is 1. The van der Waals surface area contributed by atoms with E-state index in [4.69, 9.17) is 9.47 Å². The van der Waals surface area contributed by atoms with E-state index in [1.165, 1.54) is 24.3 Å². The number of amides is 3. The van der Waals surface area contributed by atoms with Gasteiger partial charge < -0.3 is 14.8 Å². The number of hydrazine groups is 1. The molecule has 4 rings (SSSR count). The fourth-order valence-electron chi connectivity index (χ4n) is 3.66. The molecule has 12 heteroatoms. The first kappa shape index (κ1) is 25.8. The molecular formula is C26H22N4O8. The Balaban J connectivity index is 1.24. The van der Waals surface area contributed by atoms with Crippen LogP contribution in [0.15, 0.2) is 78.9 Å². The third-order valence-electron chi connectivity index (χ3n) is 5.50. The monoisotopic (exact) mass is 518 g/mol. The predicted molar refractivity (Wildman–Crippen MR) is 133 cm³/mol. The summed E-state index contributed by atoms with van der Waals surface area (Å²) in [5.41, 5.74) is 2.10. The van der Waals surface area contributed by atoms with E-state index in [1.54, 1.807) is 24.3 Å². The van der Waals surface area contributed by atoms with Gasteiger partial charge in [-0.05, 0) is 42.5 Å². The number of esters is 1. The maximum atomic E-state index is 12.5. The highest BCUT2D eigenvalue weighted by Crippen LogP contribution is 2.23. The van der Waals surface area contributed by atoms with Crippen LogP contribution in [-0.4, -0.2) is 46.8 Å². The molecular weight excluding hydrogens is 496 g/mol. The molecule has 1 heterocycles. The van der Waals surface area contributed by atoms with Crippen molar-refractivity contribution in [3.8, 4) is 11.5 Å². The highest BCUT2D eigenvalue weighted by Gasteiger charge is 2.37. The van der Waals surface area contributed by atoms with Crippen LogP contribution >= 0.6 is 0 Å². The third kappa shape index (κ3) is 6.49. The summed E-state index contributed by atoms with van der Waals surface area (Å²) in [4.78, 5) is 59.8. The van der Waals surface area contributed by atoms with Gasteiger partial charge in [-0.15, -0.1) is 0 Å². The molecule has 0 bridgehead atoms. The van der Waals surface area contributed by atoms with Crippen molar-refractivity contribution in [1.29, 1.82) is 0 Å². The lowest BCUT2D eigenvalue weighted by Crippen LogP contribution is -2.43. The first-order valence-electron chi connectivity index (χ1n) is 11.4. The molecule has 0 aromatic heterocycles. The predicted octanol–water partition coefficient (Wildman–Crippen LogP) is 3.06. The van der Waals surface area contributed by atoms with Crippen LogP contribution in [0.5, 0.6) is 11.5 Å². The van der Waals surface area contributed by atoms with Gasteiger partial charge in [0, 0.05) is 18.2 Å². The zero-order valence-corrected chi connectivity index (χ0v) is 19.9. The number of nitro benzene ring substituents is 1. The van der Waals surface area contributed by atoms with Gasteiger partial charge in [-0.1, -0.05) is 30.3 Å². The fourth-order valence-corrected chi connectivity index (χ4v) is 3.66. The summed E-state index contributed by atoms with van der Waals surface area (Å²) >= 11 is 0. The summed E-state index contributed by atoms with van der Waals surface area (Å²) in [7, 11) is 0. The Bertz CT molecular complexity index is 1360. The molecule has 1 aliphatic heterocycles. The number of hydrogen-bond donors (Lipinski definition) is 2. The van der Waals surface area contributed by atoms with E-state index in [9.17, 15) is 29.3 Å². The molecule has 0 unspecified atom stereocenters. The van der Waals surface area contributed by atoms with Crippen LogP contribution in [0.1, 0.15) is 16.8 Å². The SMILES string of the molecule is O=C(COC(=O)[C@H]1CC(=O)N(NC(=O)c2ccccc2[N+](=O)[O-])C1)Nc1ccc(Oc2ccccc2)cc1. The Labute approximate surface area is 216 Å². The molecule has 0 spiro atoms. The zero-order valence-electron chi connectivity index (χ0n) is 19.9. The Kier molecular flexibility index (Phi) is 7.92. The Morgan fingerprint density at radius 2 is 1.61 bits per heavy atom. The minimum Gasteiger partial charge on any atom is -0.457 e. The highest BCUT2D eigenvalue weighted by atomic mass is 16.6. The quantitative estimate of drug-likeness (QED) is 0.249. The van der Waals surface area contributed by atoms with Crippen LogP contribution in [-0.2, 0) is 19.1 Å². The Hall–Kier alpha value is -5.26. The third-order valence-corrected chi connectivity index (χ3v) is 5.50. The number of anilines is 1. The molecule has 3 aromatic rings. The van der Waals surface area contributed by atoms with Crippen LogP contribution in [0.4, 0.5) is 11.4 Å². The van der Waals surface area contributed by atoms with Crippen molar-refractivity contribution in [2.24, 2.45) is 5.92 Å². The standard InChI is InChI=1S/C26H22N4O8/c31-23(27-18-10-12-20(13-11-18)38-19-6-2-1-3-7-19)16-37-26(34)17-14-24(32)29(15-17)28-25(33)21-8-4-5-9-22(21)30(35)36/h1-13,17H,14-16H2,(H,27,31)(H,28,33)/t17-/m0/s1. The summed E-state index contributed by atoms with van der Waals surface area (Å²) in [5, 5.41) is 14.6. The van der Waals surface area contributed by atoms with E-state index in [0.29, 0.717) is 17.2 Å². The molecule has 3 aromatic carbocycles. The van der Waals surface area contributed by atoms with E-state index in [1.807, 2.05) is 30.3 Å². The van der Waals surface area contributed by atoms with Crippen LogP contribution in [0.3, 0.4) is 0 Å². The van der Waals surface area contributed by atoms with Crippen LogP contribution < -0.4 is 15.5 Å². The average molecular weight is 518 g/mol. The van der Waals surface area contributed by atoms with Crippen molar-refractivity contribution in [1.82, 2.24) is 10.4 Å². The number of nitrogens with zero attached hydrogens (tertiary/aromatic N) is 2. The maximum absolute atomic E-state index is 12.5. The maximum Gasteiger partial charge on any atom is 0.311 e. The number of carbonyl (C=O) groups excluding carboxylic acids is 4. The second-order valence-corrected chi connectivity index (χ2v) is 8.22. The van der Waals surface area contributed by atoms with Gasteiger partial charge in [0.25, 0.3) is 17.5 Å². The average Bonchev–Trinajstić information content (AvgIpc) is 3.28. The summed E-state index contributed by atoms with van der Waals surface area (Å²) < 4.78 is 10.7. The lowest BCUT2D eigenvalue weighted by Gasteiger charge is -2.17.